The largest absolute Gasteiger partial charge is 0.399 e. The summed E-state index contributed by atoms with van der Waals surface area (Å²) in [5.41, 5.74) is 7.43. The van der Waals surface area contributed by atoms with E-state index >= 15 is 0 Å². The molecule has 1 unspecified atom stereocenters. The van der Waals surface area contributed by atoms with Crippen molar-refractivity contribution in [3.05, 3.63) is 50.6 Å². The summed E-state index contributed by atoms with van der Waals surface area (Å²) in [7, 11) is 0. The number of carbonyl (C=O) groups excluding carboxylic acids is 1. The Kier molecular flexibility index (Phi) is 4.57. The normalized spacial score (nSPS) is 12.1. The van der Waals surface area contributed by atoms with E-state index in [0.29, 0.717) is 15.7 Å². The summed E-state index contributed by atoms with van der Waals surface area (Å²) in [6, 6.07) is 6.86. The number of anilines is 1. The lowest BCUT2D eigenvalue weighted by atomic mass is 10.1. The minimum Gasteiger partial charge on any atom is -0.399 e. The van der Waals surface area contributed by atoms with Crippen molar-refractivity contribution in [3.63, 3.8) is 0 Å². The van der Waals surface area contributed by atoms with Gasteiger partial charge in [0.2, 0.25) is 0 Å². The van der Waals surface area contributed by atoms with E-state index in [4.69, 9.17) is 5.73 Å². The molecule has 19 heavy (non-hydrogen) atoms. The molecule has 0 spiro atoms. The second kappa shape index (κ2) is 6.18. The van der Waals surface area contributed by atoms with E-state index in [0.717, 1.165) is 5.56 Å². The summed E-state index contributed by atoms with van der Waals surface area (Å²) in [6.45, 7) is 0.163. The molecule has 0 bridgehead atoms. The number of rotatable bonds is 4. The summed E-state index contributed by atoms with van der Waals surface area (Å²) in [6.07, 6.45) is -0.699. The molecule has 0 aliphatic heterocycles. The molecule has 6 heteroatoms. The van der Waals surface area contributed by atoms with Crippen molar-refractivity contribution in [2.24, 2.45) is 0 Å². The smallest absolute Gasteiger partial charge is 0.252 e. The van der Waals surface area contributed by atoms with Crippen LogP contribution in [0.25, 0.3) is 0 Å². The van der Waals surface area contributed by atoms with Crippen LogP contribution in [-0.4, -0.2) is 17.6 Å². The molecule has 4 N–H and O–H groups in total. The molecule has 4 nitrogen and oxygen atoms in total. The molecule has 0 fully saturated rings. The molecule has 1 heterocycles. The maximum atomic E-state index is 12.0. The molecule has 0 aliphatic rings. The Hall–Kier alpha value is -1.37. The van der Waals surface area contributed by atoms with Crippen molar-refractivity contribution >= 4 is 38.9 Å². The molecule has 2 aromatic rings. The lowest BCUT2D eigenvalue weighted by Crippen LogP contribution is -2.28. The van der Waals surface area contributed by atoms with Gasteiger partial charge in [-0.15, -0.1) is 0 Å². The molecule has 0 saturated carbocycles. The van der Waals surface area contributed by atoms with Crippen LogP contribution >= 0.6 is 27.3 Å². The van der Waals surface area contributed by atoms with Crippen molar-refractivity contribution in [2.75, 3.05) is 12.3 Å². The van der Waals surface area contributed by atoms with Crippen LogP contribution in [0.1, 0.15) is 22.0 Å². The quantitative estimate of drug-likeness (QED) is 0.748. The number of nitrogen functional groups attached to an aromatic ring is 1. The fourth-order valence-electron chi connectivity index (χ4n) is 1.58. The van der Waals surface area contributed by atoms with E-state index in [1.54, 1.807) is 18.2 Å². The average molecular weight is 341 g/mol. The number of nitrogens with one attached hydrogen (secondary N) is 1. The predicted molar refractivity (Wildman–Crippen MR) is 80.2 cm³/mol. The number of aliphatic hydroxyl groups is 1. The van der Waals surface area contributed by atoms with Gasteiger partial charge in [-0.1, -0.05) is 0 Å². The second-order valence-corrected chi connectivity index (χ2v) is 5.66. The van der Waals surface area contributed by atoms with E-state index in [1.807, 2.05) is 16.8 Å². The number of amides is 1. The van der Waals surface area contributed by atoms with Crippen molar-refractivity contribution in [1.29, 1.82) is 0 Å². The van der Waals surface area contributed by atoms with Crippen LogP contribution in [0.3, 0.4) is 0 Å². The Morgan fingerprint density at radius 3 is 2.95 bits per heavy atom. The van der Waals surface area contributed by atoms with E-state index in [1.165, 1.54) is 11.3 Å². The zero-order valence-corrected chi connectivity index (χ0v) is 12.4. The zero-order chi connectivity index (χ0) is 13.8. The Labute approximate surface area is 123 Å². The standard InChI is InChI=1S/C13H13BrN2O2S/c14-11-2-1-9(15)5-10(11)13(18)16-6-12(17)8-3-4-19-7-8/h1-5,7,12,17H,6,15H2,(H,16,18). The van der Waals surface area contributed by atoms with Crippen molar-refractivity contribution < 1.29 is 9.90 Å². The number of carbonyl (C=O) groups is 1. The lowest BCUT2D eigenvalue weighted by molar-refractivity contribution is 0.0916. The molecular formula is C13H13BrN2O2S. The molecule has 0 aliphatic carbocycles. The van der Waals surface area contributed by atoms with Gasteiger partial charge in [-0.3, -0.25) is 4.79 Å². The first kappa shape index (κ1) is 14.0. The van der Waals surface area contributed by atoms with Crippen LogP contribution in [0.15, 0.2) is 39.5 Å². The summed E-state index contributed by atoms with van der Waals surface area (Å²) in [4.78, 5) is 12.0. The van der Waals surface area contributed by atoms with Gasteiger partial charge in [-0.05, 0) is 56.5 Å². The highest BCUT2D eigenvalue weighted by Gasteiger charge is 2.13. The van der Waals surface area contributed by atoms with Gasteiger partial charge in [0.05, 0.1) is 11.7 Å². The summed E-state index contributed by atoms with van der Waals surface area (Å²) in [5.74, 6) is -0.270. The molecule has 100 valence electrons. The maximum absolute atomic E-state index is 12.0. The number of benzene rings is 1. The third kappa shape index (κ3) is 3.56. The predicted octanol–water partition coefficient (Wildman–Crippen LogP) is 2.56. The van der Waals surface area contributed by atoms with Crippen LogP contribution < -0.4 is 11.1 Å². The number of thiophene rings is 1. The molecule has 1 aromatic heterocycles. The minimum absolute atomic E-state index is 0.163. The summed E-state index contributed by atoms with van der Waals surface area (Å²) < 4.78 is 0.671. The van der Waals surface area contributed by atoms with E-state index in [9.17, 15) is 9.90 Å². The number of aliphatic hydroxyl groups excluding tert-OH is 1. The molecule has 0 saturated heterocycles. The Balaban J connectivity index is 2.00. The summed E-state index contributed by atoms with van der Waals surface area (Å²) >= 11 is 4.81. The first-order valence-electron chi connectivity index (χ1n) is 5.61. The van der Waals surface area contributed by atoms with Crippen LogP contribution in [0.2, 0.25) is 0 Å². The third-order valence-corrected chi connectivity index (χ3v) is 4.01. The van der Waals surface area contributed by atoms with E-state index < -0.39 is 6.10 Å². The maximum Gasteiger partial charge on any atom is 0.252 e. The van der Waals surface area contributed by atoms with Crippen molar-refractivity contribution in [2.45, 2.75) is 6.10 Å². The Morgan fingerprint density at radius 1 is 1.47 bits per heavy atom. The second-order valence-electron chi connectivity index (χ2n) is 4.02. The van der Waals surface area contributed by atoms with Gasteiger partial charge in [-0.2, -0.15) is 11.3 Å². The van der Waals surface area contributed by atoms with E-state index in [-0.39, 0.29) is 12.5 Å². The lowest BCUT2D eigenvalue weighted by Gasteiger charge is -2.11. The summed E-state index contributed by atoms with van der Waals surface area (Å²) in [5, 5.41) is 16.3. The highest BCUT2D eigenvalue weighted by molar-refractivity contribution is 9.10. The zero-order valence-electron chi connectivity index (χ0n) is 9.97. The fraction of sp³-hybridized carbons (Fsp3) is 0.154. The number of nitrogens with two attached hydrogens (primary N) is 1. The van der Waals surface area contributed by atoms with Crippen molar-refractivity contribution in [3.8, 4) is 0 Å². The molecule has 1 atom stereocenters. The molecule has 1 amide bonds. The van der Waals surface area contributed by atoms with Crippen LogP contribution in [0, 0.1) is 0 Å². The molecule has 0 radical (unpaired) electrons. The molecule has 1 aromatic carbocycles. The van der Waals surface area contributed by atoms with Crippen molar-refractivity contribution in [1.82, 2.24) is 5.32 Å². The average Bonchev–Trinajstić information content (AvgIpc) is 2.92. The monoisotopic (exact) mass is 340 g/mol. The first-order chi connectivity index (χ1) is 9.08. The van der Waals surface area contributed by atoms with Crippen LogP contribution in [0.5, 0.6) is 0 Å². The minimum atomic E-state index is -0.699. The van der Waals surface area contributed by atoms with Crippen LogP contribution in [-0.2, 0) is 0 Å². The van der Waals surface area contributed by atoms with E-state index in [2.05, 4.69) is 21.2 Å². The Morgan fingerprint density at radius 2 is 2.26 bits per heavy atom. The van der Waals surface area contributed by atoms with Crippen LogP contribution in [0.4, 0.5) is 5.69 Å². The first-order valence-corrected chi connectivity index (χ1v) is 7.35. The van der Waals surface area contributed by atoms with Gasteiger partial charge in [0.15, 0.2) is 0 Å². The highest BCUT2D eigenvalue weighted by Crippen LogP contribution is 2.20. The molecule has 2 rings (SSSR count). The number of halogens is 1. The molecular weight excluding hydrogens is 328 g/mol. The fourth-order valence-corrected chi connectivity index (χ4v) is 2.72. The van der Waals surface area contributed by atoms with Gasteiger partial charge >= 0.3 is 0 Å². The SMILES string of the molecule is Nc1ccc(Br)c(C(=O)NCC(O)c2ccsc2)c1. The van der Waals surface area contributed by atoms with Gasteiger partial charge in [0.1, 0.15) is 0 Å². The third-order valence-electron chi connectivity index (χ3n) is 2.62. The van der Waals surface area contributed by atoms with Gasteiger partial charge in [0, 0.05) is 16.7 Å². The van der Waals surface area contributed by atoms with Gasteiger partial charge in [-0.25, -0.2) is 0 Å². The Bertz CT molecular complexity index is 572. The highest BCUT2D eigenvalue weighted by atomic mass is 79.9. The van der Waals surface area contributed by atoms with Gasteiger partial charge in [0.25, 0.3) is 5.91 Å². The number of hydrogen-bond acceptors (Lipinski definition) is 4. The number of hydrogen-bond donors (Lipinski definition) is 3. The topological polar surface area (TPSA) is 75.4 Å². The van der Waals surface area contributed by atoms with Gasteiger partial charge < -0.3 is 16.2 Å².